The molecule has 116 valence electrons. The van der Waals surface area contributed by atoms with Gasteiger partial charge in [-0.15, -0.1) is 11.8 Å². The lowest BCUT2D eigenvalue weighted by atomic mass is 9.95. The highest BCUT2D eigenvalue weighted by atomic mass is 32.2. The second-order valence-electron chi connectivity index (χ2n) is 4.22. The third-order valence-electron chi connectivity index (χ3n) is 2.77. The van der Waals surface area contributed by atoms with Crippen molar-refractivity contribution in [2.45, 2.75) is 24.4 Å². The Balaban J connectivity index is 2.95. The summed E-state index contributed by atoms with van der Waals surface area (Å²) >= 11 is 1.48. The molecule has 1 rings (SSSR count). The van der Waals surface area contributed by atoms with Gasteiger partial charge in [0, 0.05) is 4.90 Å². The Kier molecular flexibility index (Phi) is 6.26. The summed E-state index contributed by atoms with van der Waals surface area (Å²) in [5.74, 6) is -5.08. The molecule has 1 atom stereocenters. The standard InChI is InChI=1S/C14H15F3O3S/c1-3-20-13(19)11(12(18)14(15,16)17)8-9-4-6-10(21-2)7-5-9/h4-7,11H,3,8H2,1-2H3/t11-/m0/s1. The highest BCUT2D eigenvalue weighted by Crippen LogP contribution is 2.25. The van der Waals surface area contributed by atoms with E-state index in [9.17, 15) is 22.8 Å². The average molecular weight is 320 g/mol. The van der Waals surface area contributed by atoms with Gasteiger partial charge in [-0.2, -0.15) is 13.2 Å². The first kappa shape index (κ1) is 17.6. The summed E-state index contributed by atoms with van der Waals surface area (Å²) in [6, 6.07) is 6.64. The van der Waals surface area contributed by atoms with Crippen LogP contribution in [0.4, 0.5) is 13.2 Å². The highest BCUT2D eigenvalue weighted by molar-refractivity contribution is 7.98. The van der Waals surface area contributed by atoms with Gasteiger partial charge >= 0.3 is 12.1 Å². The van der Waals surface area contributed by atoms with Crippen LogP contribution in [0.2, 0.25) is 0 Å². The molecule has 7 heteroatoms. The maximum Gasteiger partial charge on any atom is 0.450 e. The van der Waals surface area contributed by atoms with Gasteiger partial charge in [-0.25, -0.2) is 0 Å². The van der Waals surface area contributed by atoms with E-state index in [1.165, 1.54) is 18.7 Å². The molecule has 0 bridgehead atoms. The quantitative estimate of drug-likeness (QED) is 0.458. The summed E-state index contributed by atoms with van der Waals surface area (Å²) in [6.07, 6.45) is -3.52. The monoisotopic (exact) mass is 320 g/mol. The van der Waals surface area contributed by atoms with Gasteiger partial charge in [0.15, 0.2) is 0 Å². The molecule has 0 fully saturated rings. The molecule has 0 aliphatic heterocycles. The molecule has 0 heterocycles. The molecule has 0 saturated heterocycles. The van der Waals surface area contributed by atoms with E-state index in [1.54, 1.807) is 24.3 Å². The fourth-order valence-corrected chi connectivity index (χ4v) is 2.13. The molecule has 0 amide bonds. The number of Topliss-reactive ketones (excluding diaryl/α,β-unsaturated/α-hetero) is 1. The van der Waals surface area contributed by atoms with Crippen LogP contribution in [0.25, 0.3) is 0 Å². The number of carbonyl (C=O) groups excluding carboxylic acids is 2. The van der Waals surface area contributed by atoms with E-state index in [1.807, 2.05) is 6.26 Å². The Morgan fingerprint density at radius 3 is 2.24 bits per heavy atom. The van der Waals surface area contributed by atoms with Crippen molar-refractivity contribution >= 4 is 23.5 Å². The lowest BCUT2D eigenvalue weighted by molar-refractivity contribution is -0.180. The second-order valence-corrected chi connectivity index (χ2v) is 5.10. The molecule has 21 heavy (non-hydrogen) atoms. The summed E-state index contributed by atoms with van der Waals surface area (Å²) in [4.78, 5) is 23.9. The molecule has 0 spiro atoms. The van der Waals surface area contributed by atoms with Gasteiger partial charge in [0.25, 0.3) is 5.78 Å². The van der Waals surface area contributed by atoms with Crippen LogP contribution in [0.15, 0.2) is 29.2 Å². The summed E-state index contributed by atoms with van der Waals surface area (Å²) in [5, 5.41) is 0. The molecule has 3 nitrogen and oxygen atoms in total. The van der Waals surface area contributed by atoms with E-state index in [2.05, 4.69) is 4.74 Å². The lowest BCUT2D eigenvalue weighted by Gasteiger charge is -2.16. The number of halogens is 3. The highest BCUT2D eigenvalue weighted by Gasteiger charge is 2.46. The predicted molar refractivity (Wildman–Crippen MR) is 73.1 cm³/mol. The summed E-state index contributed by atoms with van der Waals surface area (Å²) in [7, 11) is 0. The number of benzene rings is 1. The van der Waals surface area contributed by atoms with E-state index in [0.29, 0.717) is 5.56 Å². The van der Waals surface area contributed by atoms with E-state index in [0.717, 1.165) is 4.90 Å². The Labute approximate surface area is 124 Å². The smallest absolute Gasteiger partial charge is 0.450 e. The molecule has 0 radical (unpaired) electrons. The molecule has 1 aromatic carbocycles. The zero-order valence-electron chi connectivity index (χ0n) is 11.6. The van der Waals surface area contributed by atoms with Gasteiger partial charge < -0.3 is 4.74 Å². The Hall–Kier alpha value is -1.50. The number of ketones is 1. The lowest BCUT2D eigenvalue weighted by Crippen LogP contribution is -2.37. The average Bonchev–Trinajstić information content (AvgIpc) is 2.44. The zero-order chi connectivity index (χ0) is 16.0. The number of hydrogen-bond donors (Lipinski definition) is 0. The number of carbonyl (C=O) groups is 2. The van der Waals surface area contributed by atoms with Gasteiger partial charge in [0.05, 0.1) is 6.61 Å². The molecule has 0 aliphatic carbocycles. The van der Waals surface area contributed by atoms with E-state index < -0.39 is 23.8 Å². The van der Waals surface area contributed by atoms with Gasteiger partial charge in [-0.1, -0.05) is 12.1 Å². The van der Waals surface area contributed by atoms with E-state index >= 15 is 0 Å². The van der Waals surface area contributed by atoms with Crippen molar-refractivity contribution in [3.8, 4) is 0 Å². The largest absolute Gasteiger partial charge is 0.465 e. The minimum absolute atomic E-state index is 0.0775. The molecule has 0 saturated carbocycles. The minimum Gasteiger partial charge on any atom is -0.465 e. The van der Waals surface area contributed by atoms with Gasteiger partial charge in [-0.3, -0.25) is 9.59 Å². The van der Waals surface area contributed by atoms with Crippen molar-refractivity contribution in [1.29, 1.82) is 0 Å². The topological polar surface area (TPSA) is 43.4 Å². The predicted octanol–water partition coefficient (Wildman–Crippen LogP) is 3.26. The first-order chi connectivity index (χ1) is 9.79. The molecule has 0 unspecified atom stereocenters. The number of ether oxygens (including phenoxy) is 1. The van der Waals surface area contributed by atoms with Crippen LogP contribution in [-0.4, -0.2) is 30.8 Å². The van der Waals surface area contributed by atoms with Crippen LogP contribution < -0.4 is 0 Å². The van der Waals surface area contributed by atoms with E-state index in [-0.39, 0.29) is 13.0 Å². The van der Waals surface area contributed by atoms with Crippen LogP contribution in [0, 0.1) is 5.92 Å². The molecule has 0 aromatic heterocycles. The fraction of sp³-hybridized carbons (Fsp3) is 0.429. The summed E-state index contributed by atoms with van der Waals surface area (Å²) < 4.78 is 42.3. The van der Waals surface area contributed by atoms with Crippen molar-refractivity contribution in [2.24, 2.45) is 5.92 Å². The SMILES string of the molecule is CCOC(=O)[C@@H](Cc1ccc(SC)cc1)C(=O)C(F)(F)F. The van der Waals surface area contributed by atoms with Crippen LogP contribution in [-0.2, 0) is 20.7 Å². The molecule has 0 aliphatic rings. The number of alkyl halides is 3. The fourth-order valence-electron chi connectivity index (χ4n) is 1.72. The third-order valence-corrected chi connectivity index (χ3v) is 3.51. The maximum absolute atomic E-state index is 12.6. The van der Waals surface area contributed by atoms with E-state index in [4.69, 9.17) is 0 Å². The number of esters is 1. The van der Waals surface area contributed by atoms with Crippen molar-refractivity contribution < 1.29 is 27.5 Å². The van der Waals surface area contributed by atoms with Gasteiger partial charge in [0.2, 0.25) is 0 Å². The first-order valence-electron chi connectivity index (χ1n) is 6.20. The second kappa shape index (κ2) is 7.49. The Bertz CT molecular complexity index is 497. The summed E-state index contributed by atoms with van der Waals surface area (Å²) in [6.45, 7) is 1.40. The molecular formula is C14H15F3O3S. The van der Waals surface area contributed by atoms with Crippen molar-refractivity contribution in [1.82, 2.24) is 0 Å². The third kappa shape index (κ3) is 5.08. The van der Waals surface area contributed by atoms with Crippen molar-refractivity contribution in [3.05, 3.63) is 29.8 Å². The van der Waals surface area contributed by atoms with Crippen LogP contribution in [0.3, 0.4) is 0 Å². The van der Waals surface area contributed by atoms with Crippen LogP contribution >= 0.6 is 11.8 Å². The van der Waals surface area contributed by atoms with Gasteiger partial charge in [0.1, 0.15) is 5.92 Å². The zero-order valence-corrected chi connectivity index (χ0v) is 12.4. The van der Waals surface area contributed by atoms with Crippen LogP contribution in [0.5, 0.6) is 0 Å². The normalized spacial score (nSPS) is 12.8. The molecule has 0 N–H and O–H groups in total. The number of hydrogen-bond acceptors (Lipinski definition) is 4. The molecular weight excluding hydrogens is 305 g/mol. The van der Waals surface area contributed by atoms with Gasteiger partial charge in [-0.05, 0) is 37.3 Å². The summed E-state index contributed by atoms with van der Waals surface area (Å²) in [5.41, 5.74) is 0.475. The maximum atomic E-state index is 12.6. The first-order valence-corrected chi connectivity index (χ1v) is 7.42. The number of thioether (sulfide) groups is 1. The number of rotatable bonds is 6. The molecule has 1 aromatic rings. The van der Waals surface area contributed by atoms with Crippen molar-refractivity contribution in [3.63, 3.8) is 0 Å². The van der Waals surface area contributed by atoms with Crippen molar-refractivity contribution in [2.75, 3.05) is 12.9 Å². The Morgan fingerprint density at radius 2 is 1.81 bits per heavy atom. The Morgan fingerprint density at radius 1 is 1.24 bits per heavy atom. The minimum atomic E-state index is -5.06. The van der Waals surface area contributed by atoms with Crippen LogP contribution in [0.1, 0.15) is 12.5 Å².